The molecule has 0 aromatic heterocycles. The molecule has 2 aromatic carbocycles. The van der Waals surface area contributed by atoms with Crippen molar-refractivity contribution in [2.75, 3.05) is 30.1 Å². The number of unbranched alkanes of at least 4 members (excludes halogenated alkanes) is 2. The van der Waals surface area contributed by atoms with E-state index in [0.29, 0.717) is 23.5 Å². The van der Waals surface area contributed by atoms with Gasteiger partial charge in [-0.2, -0.15) is 0 Å². The Labute approximate surface area is 267 Å². The van der Waals surface area contributed by atoms with Gasteiger partial charge in [-0.05, 0) is 77.1 Å². The Balaban J connectivity index is 2.18. The zero-order chi connectivity index (χ0) is 32.5. The summed E-state index contributed by atoms with van der Waals surface area (Å²) in [6, 6.07) is 10.8. The summed E-state index contributed by atoms with van der Waals surface area (Å²) >= 11 is 1.43. The number of rotatable bonds is 13. The van der Waals surface area contributed by atoms with Crippen LogP contribution in [0.4, 0.5) is 11.4 Å². The minimum absolute atomic E-state index is 0.0340. The number of benzene rings is 2. The molecule has 242 valence electrons. The third kappa shape index (κ3) is 9.27. The molecule has 0 spiro atoms. The Morgan fingerprint density at radius 3 is 2.23 bits per heavy atom. The van der Waals surface area contributed by atoms with E-state index in [1.54, 1.807) is 25.1 Å². The number of ether oxygens (including phenoxy) is 2. The zero-order valence-corrected chi connectivity index (χ0v) is 28.8. The first-order valence-electron chi connectivity index (χ1n) is 15.4. The number of anilines is 2. The summed E-state index contributed by atoms with van der Waals surface area (Å²) < 4.78 is 39.3. The molecule has 2 aromatic rings. The topological polar surface area (TPSA) is 102 Å². The van der Waals surface area contributed by atoms with Gasteiger partial charge in [-0.3, -0.25) is 4.79 Å². The molecule has 1 aliphatic heterocycles. The van der Waals surface area contributed by atoms with Gasteiger partial charge in [0.1, 0.15) is 5.75 Å². The third-order valence-corrected chi connectivity index (χ3v) is 10.3. The molecule has 1 heterocycles. The van der Waals surface area contributed by atoms with E-state index in [-0.39, 0.29) is 28.7 Å². The molecule has 0 fully saturated rings. The summed E-state index contributed by atoms with van der Waals surface area (Å²) in [5, 5.41) is 3.00. The predicted octanol–water partition coefficient (Wildman–Crippen LogP) is 7.68. The first-order valence-corrected chi connectivity index (χ1v) is 18.3. The molecule has 0 atom stereocenters. The lowest BCUT2D eigenvalue weighted by Crippen LogP contribution is -2.40. The molecule has 0 radical (unpaired) electrons. The van der Waals surface area contributed by atoms with Crippen molar-refractivity contribution in [1.29, 1.82) is 0 Å². The van der Waals surface area contributed by atoms with Gasteiger partial charge in [0.25, 0.3) is 5.91 Å². The lowest BCUT2D eigenvalue weighted by Gasteiger charge is -2.37. The minimum Gasteiger partial charge on any atom is -0.464 e. The van der Waals surface area contributed by atoms with Crippen LogP contribution in [0.3, 0.4) is 0 Å². The predicted molar refractivity (Wildman–Crippen MR) is 179 cm³/mol. The van der Waals surface area contributed by atoms with Gasteiger partial charge in [0.15, 0.2) is 9.84 Å². The lowest BCUT2D eigenvalue weighted by molar-refractivity contribution is -0.137. The molecule has 0 saturated heterocycles. The van der Waals surface area contributed by atoms with Crippen LogP contribution in [-0.2, 0) is 19.4 Å². The van der Waals surface area contributed by atoms with E-state index in [1.165, 1.54) is 24.1 Å². The van der Waals surface area contributed by atoms with Crippen LogP contribution in [-0.4, -0.2) is 51.0 Å². The highest BCUT2D eigenvalue weighted by molar-refractivity contribution is 7.98. The summed E-state index contributed by atoms with van der Waals surface area (Å²) in [5.74, 6) is -0.315. The van der Waals surface area contributed by atoms with E-state index < -0.39 is 21.2 Å². The normalized spacial score (nSPS) is 15.8. The van der Waals surface area contributed by atoms with Gasteiger partial charge >= 0.3 is 5.97 Å². The van der Waals surface area contributed by atoms with Crippen LogP contribution in [0, 0.1) is 5.41 Å². The van der Waals surface area contributed by atoms with Crippen LogP contribution in [0.5, 0.6) is 5.75 Å². The van der Waals surface area contributed by atoms with Crippen molar-refractivity contribution >= 4 is 44.9 Å². The fourth-order valence-electron chi connectivity index (χ4n) is 5.51. The van der Waals surface area contributed by atoms with E-state index in [9.17, 15) is 18.0 Å². The number of esters is 1. The Morgan fingerprint density at radius 1 is 1.05 bits per heavy atom. The number of carbonyl (C=O) groups excluding carboxylic acids is 2. The number of hydrogen-bond donors (Lipinski definition) is 1. The number of fused-ring (bicyclic) bond motifs is 1. The number of nitrogens with zero attached hydrogens (tertiary/aromatic N) is 1. The summed E-state index contributed by atoms with van der Waals surface area (Å²) in [4.78, 5) is 27.7. The first kappa shape index (κ1) is 35.5. The second-order valence-electron chi connectivity index (χ2n) is 12.4. The molecule has 10 heteroatoms. The van der Waals surface area contributed by atoms with Gasteiger partial charge in [-0.15, -0.1) is 11.8 Å². The third-order valence-electron chi connectivity index (χ3n) is 7.60. The maximum absolute atomic E-state index is 14.3. The van der Waals surface area contributed by atoms with Gasteiger partial charge in [0.2, 0.25) is 0 Å². The SMILES string of the molecule is CCCCC1(CCCC)CN(c2ccc(C(=O)NC(C)(C)C)cc2)c2cc(SC)c(O/C=C/C(=O)OCC)cc2S(=O)(=O)C1. The van der Waals surface area contributed by atoms with E-state index in [4.69, 9.17) is 9.47 Å². The van der Waals surface area contributed by atoms with Crippen LogP contribution in [0.25, 0.3) is 0 Å². The van der Waals surface area contributed by atoms with Gasteiger partial charge in [0.05, 0.1) is 40.2 Å². The largest absolute Gasteiger partial charge is 0.464 e. The van der Waals surface area contributed by atoms with Crippen molar-refractivity contribution in [2.45, 2.75) is 95.4 Å². The van der Waals surface area contributed by atoms with Crippen LogP contribution < -0.4 is 15.0 Å². The van der Waals surface area contributed by atoms with Gasteiger partial charge < -0.3 is 19.7 Å². The minimum atomic E-state index is -3.74. The highest BCUT2D eigenvalue weighted by Crippen LogP contribution is 2.47. The number of amides is 1. The van der Waals surface area contributed by atoms with E-state index in [1.807, 2.05) is 45.2 Å². The Bertz CT molecular complexity index is 1420. The quantitative estimate of drug-likeness (QED) is 0.103. The second kappa shape index (κ2) is 15.3. The molecule has 0 aliphatic carbocycles. The molecule has 0 bridgehead atoms. The van der Waals surface area contributed by atoms with Gasteiger partial charge in [0, 0.05) is 34.8 Å². The number of sulfone groups is 1. The van der Waals surface area contributed by atoms with Crippen molar-refractivity contribution in [1.82, 2.24) is 5.32 Å². The Hall–Kier alpha value is -2.98. The molecular formula is C34H48N2O6S2. The molecular weight excluding hydrogens is 597 g/mol. The molecule has 8 nitrogen and oxygen atoms in total. The van der Waals surface area contributed by atoms with E-state index in [2.05, 4.69) is 24.1 Å². The van der Waals surface area contributed by atoms with Gasteiger partial charge in [-0.25, -0.2) is 13.2 Å². The monoisotopic (exact) mass is 644 g/mol. The number of hydrogen-bond acceptors (Lipinski definition) is 8. The number of nitrogens with one attached hydrogen (secondary N) is 1. The van der Waals surface area contributed by atoms with E-state index >= 15 is 0 Å². The van der Waals surface area contributed by atoms with Crippen molar-refractivity contribution in [3.63, 3.8) is 0 Å². The molecule has 0 saturated carbocycles. The van der Waals surface area contributed by atoms with Crippen LogP contribution in [0.15, 0.2) is 58.5 Å². The molecule has 1 N–H and O–H groups in total. The number of thioether (sulfide) groups is 1. The Morgan fingerprint density at radius 2 is 1.68 bits per heavy atom. The standard InChI is InChI=1S/C34H48N2O6S2/c1-8-11-18-34(19-12-9-2)23-36(26-15-13-25(14-16-26)32(38)35-33(4,5)6)27-21-29(43-7)28(22-30(27)44(39,40)24-34)42-20-17-31(37)41-10-3/h13-17,20-22H,8-12,18-19,23-24H2,1-7H3,(H,35,38)/b20-17+. The van der Waals surface area contributed by atoms with Crippen LogP contribution in [0.2, 0.25) is 0 Å². The van der Waals surface area contributed by atoms with E-state index in [0.717, 1.165) is 49.1 Å². The molecule has 1 amide bonds. The summed E-state index contributed by atoms with van der Waals surface area (Å²) in [6.07, 6.45) is 9.69. The molecule has 3 rings (SSSR count). The highest BCUT2D eigenvalue weighted by atomic mass is 32.2. The summed E-state index contributed by atoms with van der Waals surface area (Å²) in [7, 11) is -3.74. The van der Waals surface area contributed by atoms with Crippen molar-refractivity contribution < 1.29 is 27.5 Å². The first-order chi connectivity index (χ1) is 20.8. The smallest absolute Gasteiger partial charge is 0.333 e. The van der Waals surface area contributed by atoms with Crippen LogP contribution >= 0.6 is 11.8 Å². The summed E-state index contributed by atoms with van der Waals surface area (Å²) in [6.45, 7) is 12.6. The second-order valence-corrected chi connectivity index (χ2v) is 15.3. The Kier molecular flexibility index (Phi) is 12.4. The zero-order valence-electron chi connectivity index (χ0n) is 27.2. The maximum Gasteiger partial charge on any atom is 0.333 e. The average Bonchev–Trinajstić information content (AvgIpc) is 3.05. The molecule has 1 aliphatic rings. The van der Waals surface area contributed by atoms with Gasteiger partial charge in [-0.1, -0.05) is 39.5 Å². The van der Waals surface area contributed by atoms with Crippen molar-refractivity contribution in [3.8, 4) is 5.75 Å². The highest BCUT2D eigenvalue weighted by Gasteiger charge is 2.42. The summed E-state index contributed by atoms with van der Waals surface area (Å²) in [5.41, 5.74) is 1.10. The van der Waals surface area contributed by atoms with Crippen molar-refractivity contribution in [3.05, 3.63) is 54.3 Å². The fourth-order valence-corrected chi connectivity index (χ4v) is 8.16. The van der Waals surface area contributed by atoms with Crippen molar-refractivity contribution in [2.24, 2.45) is 5.41 Å². The number of carbonyl (C=O) groups is 2. The van der Waals surface area contributed by atoms with Crippen LogP contribution in [0.1, 0.15) is 90.4 Å². The maximum atomic E-state index is 14.3. The average molecular weight is 645 g/mol. The molecule has 44 heavy (non-hydrogen) atoms. The fraction of sp³-hybridized carbons (Fsp3) is 0.529. The lowest BCUT2D eigenvalue weighted by atomic mass is 9.79. The molecule has 0 unspecified atom stereocenters.